The van der Waals surface area contributed by atoms with Gasteiger partial charge in [0.2, 0.25) is 0 Å². The Balaban J connectivity index is 1.57. The number of nitrogens with zero attached hydrogens (tertiary/aromatic N) is 3. The third-order valence-electron chi connectivity index (χ3n) is 3.74. The summed E-state index contributed by atoms with van der Waals surface area (Å²) >= 11 is 0. The zero-order valence-electron chi connectivity index (χ0n) is 12.1. The molecule has 5 nitrogen and oxygen atoms in total. The Bertz CT molecular complexity index is 561. The second kappa shape index (κ2) is 5.81. The second-order valence-electron chi connectivity index (χ2n) is 5.47. The van der Waals surface area contributed by atoms with Crippen LogP contribution >= 0.6 is 0 Å². The first-order valence-electron chi connectivity index (χ1n) is 7.06. The van der Waals surface area contributed by atoms with Crippen molar-refractivity contribution in [1.29, 1.82) is 0 Å². The molecule has 1 aliphatic heterocycles. The van der Waals surface area contributed by atoms with E-state index in [2.05, 4.69) is 29.2 Å². The Morgan fingerprint density at radius 3 is 3.00 bits per heavy atom. The first-order chi connectivity index (χ1) is 9.70. The molecule has 108 valence electrons. The summed E-state index contributed by atoms with van der Waals surface area (Å²) in [4.78, 5) is 2.42. The van der Waals surface area contributed by atoms with Crippen molar-refractivity contribution in [1.82, 2.24) is 14.7 Å². The van der Waals surface area contributed by atoms with Gasteiger partial charge in [0.25, 0.3) is 0 Å². The summed E-state index contributed by atoms with van der Waals surface area (Å²) in [5, 5.41) is 4.33. The van der Waals surface area contributed by atoms with Crippen LogP contribution in [0.2, 0.25) is 0 Å². The average Bonchev–Trinajstić information content (AvgIpc) is 3.00. The quantitative estimate of drug-likeness (QED) is 0.856. The fourth-order valence-electron chi connectivity index (χ4n) is 2.63. The van der Waals surface area contributed by atoms with Gasteiger partial charge in [0, 0.05) is 31.4 Å². The van der Waals surface area contributed by atoms with Crippen LogP contribution in [0.3, 0.4) is 0 Å². The van der Waals surface area contributed by atoms with E-state index in [1.54, 1.807) is 6.26 Å². The van der Waals surface area contributed by atoms with Crippen molar-refractivity contribution >= 4 is 0 Å². The van der Waals surface area contributed by atoms with Crippen LogP contribution in [0.25, 0.3) is 0 Å². The molecule has 0 aliphatic carbocycles. The van der Waals surface area contributed by atoms with Crippen LogP contribution in [0.5, 0.6) is 0 Å². The third-order valence-corrected chi connectivity index (χ3v) is 3.74. The molecule has 3 rings (SSSR count). The fourth-order valence-corrected chi connectivity index (χ4v) is 2.63. The lowest BCUT2D eigenvalue weighted by Crippen LogP contribution is -2.43. The molecule has 3 heterocycles. The van der Waals surface area contributed by atoms with E-state index < -0.39 is 0 Å². The summed E-state index contributed by atoms with van der Waals surface area (Å²) in [5.41, 5.74) is 2.45. The summed E-state index contributed by atoms with van der Waals surface area (Å²) in [7, 11) is 0. The van der Waals surface area contributed by atoms with E-state index in [0.717, 1.165) is 38.5 Å². The lowest BCUT2D eigenvalue weighted by atomic mass is 10.2. The molecular formula is C15H21N3O2. The molecule has 1 atom stereocenters. The molecular weight excluding hydrogens is 254 g/mol. The van der Waals surface area contributed by atoms with Crippen molar-refractivity contribution < 1.29 is 9.15 Å². The zero-order valence-corrected chi connectivity index (χ0v) is 12.1. The number of furan rings is 1. The number of hydrogen-bond donors (Lipinski definition) is 0. The minimum Gasteiger partial charge on any atom is -0.469 e. The Labute approximate surface area is 119 Å². The van der Waals surface area contributed by atoms with Crippen molar-refractivity contribution in [3.05, 3.63) is 41.6 Å². The minimum atomic E-state index is 0.204. The number of morpholine rings is 1. The first kappa shape index (κ1) is 13.4. The predicted octanol–water partition coefficient (Wildman–Crippen LogP) is 1.99. The molecule has 1 aliphatic rings. The van der Waals surface area contributed by atoms with Crippen molar-refractivity contribution in [3.63, 3.8) is 0 Å². The standard InChI is InChI=1S/C15H21N3O2/c1-12-7-16-18(8-12)11-15-10-17(4-6-20-15)9-14-3-5-19-13(14)2/h3,5,7-8,15H,4,6,9-11H2,1-2H3. The lowest BCUT2D eigenvalue weighted by Gasteiger charge is -2.32. The Kier molecular flexibility index (Phi) is 3.89. The summed E-state index contributed by atoms with van der Waals surface area (Å²) in [5.74, 6) is 1.01. The molecule has 0 N–H and O–H groups in total. The minimum absolute atomic E-state index is 0.204. The highest BCUT2D eigenvalue weighted by Gasteiger charge is 2.22. The summed E-state index contributed by atoms with van der Waals surface area (Å²) in [6, 6.07) is 2.05. The smallest absolute Gasteiger partial charge is 0.105 e. The highest BCUT2D eigenvalue weighted by Crippen LogP contribution is 2.15. The van der Waals surface area contributed by atoms with Gasteiger partial charge in [0.05, 0.1) is 31.7 Å². The van der Waals surface area contributed by atoms with Crippen LogP contribution in [-0.2, 0) is 17.8 Å². The maximum atomic E-state index is 5.84. The highest BCUT2D eigenvalue weighted by atomic mass is 16.5. The van der Waals surface area contributed by atoms with Crippen molar-refractivity contribution in [2.45, 2.75) is 33.0 Å². The molecule has 0 amide bonds. The number of hydrogen-bond acceptors (Lipinski definition) is 4. The van der Waals surface area contributed by atoms with Crippen molar-refractivity contribution in [2.24, 2.45) is 0 Å². The van der Waals surface area contributed by atoms with Gasteiger partial charge >= 0.3 is 0 Å². The SMILES string of the molecule is Cc1cnn(CC2CN(Cc3ccoc3C)CCO2)c1. The Morgan fingerprint density at radius 2 is 2.30 bits per heavy atom. The molecule has 5 heteroatoms. The van der Waals surface area contributed by atoms with Gasteiger partial charge in [0.1, 0.15) is 5.76 Å². The number of aryl methyl sites for hydroxylation is 2. The van der Waals surface area contributed by atoms with Gasteiger partial charge in [-0.2, -0.15) is 5.10 Å². The van der Waals surface area contributed by atoms with Gasteiger partial charge in [-0.3, -0.25) is 9.58 Å². The molecule has 1 unspecified atom stereocenters. The van der Waals surface area contributed by atoms with E-state index in [-0.39, 0.29) is 6.10 Å². The fraction of sp³-hybridized carbons (Fsp3) is 0.533. The van der Waals surface area contributed by atoms with E-state index in [4.69, 9.17) is 9.15 Å². The average molecular weight is 275 g/mol. The predicted molar refractivity (Wildman–Crippen MR) is 75.4 cm³/mol. The van der Waals surface area contributed by atoms with E-state index in [9.17, 15) is 0 Å². The third kappa shape index (κ3) is 3.11. The van der Waals surface area contributed by atoms with Crippen LogP contribution in [-0.4, -0.2) is 40.5 Å². The van der Waals surface area contributed by atoms with Gasteiger partial charge in [-0.1, -0.05) is 0 Å². The molecule has 20 heavy (non-hydrogen) atoms. The lowest BCUT2D eigenvalue weighted by molar-refractivity contribution is -0.0403. The Morgan fingerprint density at radius 1 is 1.40 bits per heavy atom. The monoisotopic (exact) mass is 275 g/mol. The maximum absolute atomic E-state index is 5.84. The first-order valence-corrected chi connectivity index (χ1v) is 7.06. The van der Waals surface area contributed by atoms with Gasteiger partial charge in [-0.25, -0.2) is 0 Å². The maximum Gasteiger partial charge on any atom is 0.105 e. The topological polar surface area (TPSA) is 43.4 Å². The van der Waals surface area contributed by atoms with Crippen LogP contribution in [0.1, 0.15) is 16.9 Å². The van der Waals surface area contributed by atoms with Gasteiger partial charge in [-0.15, -0.1) is 0 Å². The van der Waals surface area contributed by atoms with E-state index >= 15 is 0 Å². The van der Waals surface area contributed by atoms with Crippen LogP contribution in [0.4, 0.5) is 0 Å². The molecule has 2 aromatic heterocycles. The summed E-state index contributed by atoms with van der Waals surface area (Å²) < 4.78 is 13.2. The summed E-state index contributed by atoms with van der Waals surface area (Å²) in [6.07, 6.45) is 5.91. The molecule has 1 fully saturated rings. The molecule has 1 saturated heterocycles. The van der Waals surface area contributed by atoms with E-state index in [1.807, 2.05) is 17.8 Å². The molecule has 0 bridgehead atoms. The molecule has 0 radical (unpaired) electrons. The zero-order chi connectivity index (χ0) is 13.9. The summed E-state index contributed by atoms with van der Waals surface area (Å²) in [6.45, 7) is 8.50. The van der Waals surface area contributed by atoms with E-state index in [0.29, 0.717) is 0 Å². The molecule has 0 aromatic carbocycles. The van der Waals surface area contributed by atoms with Gasteiger partial charge in [-0.05, 0) is 25.5 Å². The van der Waals surface area contributed by atoms with Crippen LogP contribution in [0, 0.1) is 13.8 Å². The highest BCUT2D eigenvalue weighted by molar-refractivity contribution is 5.15. The second-order valence-corrected chi connectivity index (χ2v) is 5.47. The van der Waals surface area contributed by atoms with Gasteiger partial charge < -0.3 is 9.15 Å². The molecule has 0 spiro atoms. The Hall–Kier alpha value is -1.59. The van der Waals surface area contributed by atoms with Gasteiger partial charge in [0.15, 0.2) is 0 Å². The van der Waals surface area contributed by atoms with Crippen LogP contribution in [0.15, 0.2) is 29.1 Å². The number of rotatable bonds is 4. The van der Waals surface area contributed by atoms with Crippen molar-refractivity contribution in [2.75, 3.05) is 19.7 Å². The molecule has 0 saturated carbocycles. The number of aromatic nitrogens is 2. The number of ether oxygens (including phenoxy) is 1. The largest absolute Gasteiger partial charge is 0.469 e. The van der Waals surface area contributed by atoms with E-state index in [1.165, 1.54) is 11.1 Å². The normalized spacial score (nSPS) is 20.4. The molecule has 2 aromatic rings. The van der Waals surface area contributed by atoms with Crippen molar-refractivity contribution in [3.8, 4) is 0 Å². The van der Waals surface area contributed by atoms with Crippen LogP contribution < -0.4 is 0 Å².